The highest BCUT2D eigenvalue weighted by Crippen LogP contribution is 2.37. The first kappa shape index (κ1) is 48.9. The quantitative estimate of drug-likeness (QED) is 0.0501. The van der Waals surface area contributed by atoms with Gasteiger partial charge in [0.1, 0.15) is 24.2 Å². The van der Waals surface area contributed by atoms with Crippen LogP contribution in [0.15, 0.2) is 60.7 Å². The van der Waals surface area contributed by atoms with E-state index in [0.717, 1.165) is 78.9 Å². The molecule has 1 saturated carbocycles. The molecule has 18 heteroatoms. The molecule has 8 rings (SSSR count). The summed E-state index contributed by atoms with van der Waals surface area (Å²) in [6.45, 7) is 6.37. The lowest BCUT2D eigenvalue weighted by Crippen LogP contribution is -2.54. The number of alkyl halides is 3. The summed E-state index contributed by atoms with van der Waals surface area (Å²) in [5.41, 5.74) is 2.39. The van der Waals surface area contributed by atoms with Gasteiger partial charge in [0.25, 0.3) is 11.8 Å². The number of likely N-dealkylation sites (tertiary alicyclic amines) is 1. The second kappa shape index (κ2) is 22.7. The number of aromatic nitrogens is 2. The highest BCUT2D eigenvalue weighted by atomic mass is 19.4. The van der Waals surface area contributed by atoms with Gasteiger partial charge < -0.3 is 28.3 Å². The van der Waals surface area contributed by atoms with Gasteiger partial charge in [0.15, 0.2) is 5.78 Å². The van der Waals surface area contributed by atoms with E-state index in [-0.39, 0.29) is 55.2 Å². The van der Waals surface area contributed by atoms with Crippen molar-refractivity contribution < 1.29 is 60.8 Å². The average Bonchev–Trinajstić information content (AvgIpc) is 3.80. The van der Waals surface area contributed by atoms with Crippen molar-refractivity contribution in [2.45, 2.75) is 89.0 Å². The number of benzene rings is 3. The zero-order valence-corrected chi connectivity index (χ0v) is 38.1. The topological polar surface area (TPSA) is 168 Å². The molecule has 3 aliphatic heterocycles. The van der Waals surface area contributed by atoms with Crippen LogP contribution in [0.5, 0.6) is 5.75 Å². The van der Waals surface area contributed by atoms with Crippen molar-refractivity contribution in [3.8, 4) is 5.75 Å². The number of carbonyl (C=O) groups excluding carboxylic acids is 5. The molecule has 4 aromatic rings. The number of imide groups is 2. The fourth-order valence-electron chi connectivity index (χ4n) is 9.55. The predicted octanol–water partition coefficient (Wildman–Crippen LogP) is 6.74. The number of nitrogens with one attached hydrogen (secondary N) is 1. The summed E-state index contributed by atoms with van der Waals surface area (Å²) in [4.78, 5) is 71.6. The molecule has 3 aromatic carbocycles. The second-order valence-electron chi connectivity index (χ2n) is 17.8. The maximum Gasteiger partial charge on any atom is 0.416 e. The minimum atomic E-state index is -4.54. The lowest BCUT2D eigenvalue weighted by Gasteiger charge is -2.30. The lowest BCUT2D eigenvalue weighted by molar-refractivity contribution is -0.138. The van der Waals surface area contributed by atoms with Gasteiger partial charge >= 0.3 is 6.18 Å². The molecule has 1 aromatic heterocycles. The number of rotatable bonds is 22. The minimum absolute atomic E-state index is 0.0211. The SMILES string of the molecule is O=C1CCC(N2C(=O)c3ccc(OCCOCCOCCOCCOCC4CCC(n5c(CC(=O)c6cccc(C(F)(F)F)c6)nc6cc(CN7CCCCC7)ccc65)CC4)cc3C2=O)C(=O)N1. The largest absolute Gasteiger partial charge is 0.491 e. The monoisotopic (exact) mass is 945 g/mol. The number of carbonyl (C=O) groups is 5. The van der Waals surface area contributed by atoms with Gasteiger partial charge in [-0.15, -0.1) is 0 Å². The fraction of sp³-hybridized carbons (Fsp3) is 0.520. The second-order valence-corrected chi connectivity index (χ2v) is 17.8. The number of hydrogen-bond donors (Lipinski definition) is 1. The van der Waals surface area contributed by atoms with Crippen molar-refractivity contribution in [3.63, 3.8) is 0 Å². The first-order chi connectivity index (χ1) is 32.9. The Morgan fingerprint density at radius 1 is 0.735 bits per heavy atom. The van der Waals surface area contributed by atoms with Gasteiger partial charge in [-0.25, -0.2) is 4.98 Å². The number of ether oxygens (including phenoxy) is 5. The van der Waals surface area contributed by atoms with Crippen LogP contribution in [0.1, 0.15) is 112 Å². The van der Waals surface area contributed by atoms with E-state index in [2.05, 4.69) is 33.0 Å². The molecule has 4 aliphatic rings. The van der Waals surface area contributed by atoms with E-state index >= 15 is 0 Å². The van der Waals surface area contributed by atoms with Crippen LogP contribution in [0, 0.1) is 5.92 Å². The third kappa shape index (κ3) is 12.2. The van der Waals surface area contributed by atoms with E-state index in [9.17, 15) is 37.1 Å². The van der Waals surface area contributed by atoms with E-state index in [1.165, 1.54) is 43.5 Å². The van der Waals surface area contributed by atoms with Gasteiger partial charge in [-0.05, 0) is 112 Å². The van der Waals surface area contributed by atoms with Crippen molar-refractivity contribution in [2.24, 2.45) is 5.92 Å². The molecule has 1 N–H and O–H groups in total. The van der Waals surface area contributed by atoms with Crippen molar-refractivity contribution >= 4 is 40.4 Å². The minimum Gasteiger partial charge on any atom is -0.491 e. The normalized spacial score (nSPS) is 20.3. The third-order valence-corrected chi connectivity index (χ3v) is 13.1. The van der Waals surface area contributed by atoms with Crippen LogP contribution in [-0.4, -0.2) is 127 Å². The van der Waals surface area contributed by atoms with Crippen LogP contribution in [0.25, 0.3) is 11.0 Å². The number of fused-ring (bicyclic) bond motifs is 2. The molecule has 0 bridgehead atoms. The standard InChI is InChI=1S/C50H58F3N5O10/c51-50(52,53)36-6-4-5-35(28-36)44(59)30-45-54-41-27-34(31-56-17-2-1-3-18-56)9-14-42(41)57(45)37-10-7-33(8-11-37)32-67-24-23-65-20-19-64-21-22-66-25-26-68-38-12-13-39-40(29-38)49(63)58(48(39)62)43-15-16-46(60)55-47(43)61/h4-6,9,12-14,27-29,33,37,43H,1-3,7-8,10-11,15-26,30-32H2,(H,55,60,61). The van der Waals surface area contributed by atoms with Crippen molar-refractivity contribution in [2.75, 3.05) is 72.6 Å². The smallest absolute Gasteiger partial charge is 0.416 e. The Morgan fingerprint density at radius 2 is 1.43 bits per heavy atom. The number of amides is 4. The highest BCUT2D eigenvalue weighted by molar-refractivity contribution is 6.23. The molecule has 1 aliphatic carbocycles. The summed E-state index contributed by atoms with van der Waals surface area (Å²) in [5, 5.41) is 2.18. The molecule has 1 atom stereocenters. The zero-order chi connectivity index (χ0) is 47.6. The Balaban J connectivity index is 0.706. The van der Waals surface area contributed by atoms with Crippen LogP contribution in [0.2, 0.25) is 0 Å². The fourth-order valence-corrected chi connectivity index (χ4v) is 9.55. The maximum absolute atomic E-state index is 13.5. The first-order valence-corrected chi connectivity index (χ1v) is 23.6. The summed E-state index contributed by atoms with van der Waals surface area (Å²) in [5.74, 6) is -1.36. The van der Waals surface area contributed by atoms with Gasteiger partial charge in [-0.3, -0.25) is 39.1 Å². The van der Waals surface area contributed by atoms with Gasteiger partial charge in [0.05, 0.1) is 80.4 Å². The number of ketones is 1. The summed E-state index contributed by atoms with van der Waals surface area (Å²) < 4.78 is 71.2. The van der Waals surface area contributed by atoms with E-state index in [0.29, 0.717) is 63.7 Å². The zero-order valence-electron chi connectivity index (χ0n) is 38.1. The van der Waals surface area contributed by atoms with E-state index < -0.39 is 47.2 Å². The number of nitrogens with zero attached hydrogens (tertiary/aromatic N) is 4. The number of halogens is 3. The Bertz CT molecular complexity index is 2450. The maximum atomic E-state index is 13.5. The third-order valence-electron chi connectivity index (χ3n) is 13.1. The van der Waals surface area contributed by atoms with Crippen LogP contribution in [0.4, 0.5) is 13.2 Å². The molecule has 4 heterocycles. The first-order valence-electron chi connectivity index (χ1n) is 23.6. The summed E-state index contributed by atoms with van der Waals surface area (Å²) in [7, 11) is 0. The summed E-state index contributed by atoms with van der Waals surface area (Å²) in [6, 6.07) is 14.5. The number of Topliss-reactive ketones (excluding diaryl/α,β-unsaturated/α-hetero) is 1. The molecule has 364 valence electrons. The molecule has 0 spiro atoms. The lowest BCUT2D eigenvalue weighted by atomic mass is 9.86. The van der Waals surface area contributed by atoms with Crippen molar-refractivity contribution in [3.05, 3.63) is 94.3 Å². The summed E-state index contributed by atoms with van der Waals surface area (Å²) >= 11 is 0. The summed E-state index contributed by atoms with van der Waals surface area (Å²) in [6.07, 6.45) is 2.69. The predicted molar refractivity (Wildman–Crippen MR) is 241 cm³/mol. The molecule has 1 unspecified atom stereocenters. The average molecular weight is 946 g/mol. The van der Waals surface area contributed by atoms with Crippen LogP contribution >= 0.6 is 0 Å². The molecular weight excluding hydrogens is 888 g/mol. The molecule has 0 radical (unpaired) electrons. The molecule has 2 saturated heterocycles. The van der Waals surface area contributed by atoms with Crippen LogP contribution in [-0.2, 0) is 47.7 Å². The molecular formula is C50H58F3N5O10. The molecule has 68 heavy (non-hydrogen) atoms. The van der Waals surface area contributed by atoms with Crippen molar-refractivity contribution in [1.29, 1.82) is 0 Å². The van der Waals surface area contributed by atoms with E-state index in [4.69, 9.17) is 28.7 Å². The van der Waals surface area contributed by atoms with E-state index in [1.54, 1.807) is 6.07 Å². The van der Waals surface area contributed by atoms with Gasteiger partial charge in [-0.2, -0.15) is 13.2 Å². The Morgan fingerprint density at radius 3 is 2.13 bits per heavy atom. The van der Waals surface area contributed by atoms with Crippen LogP contribution in [0.3, 0.4) is 0 Å². The Hall–Kier alpha value is -5.53. The highest BCUT2D eigenvalue weighted by Gasteiger charge is 2.45. The molecule has 15 nitrogen and oxygen atoms in total. The van der Waals surface area contributed by atoms with E-state index in [1.807, 2.05) is 0 Å². The Labute approximate surface area is 392 Å². The van der Waals surface area contributed by atoms with Crippen molar-refractivity contribution in [1.82, 2.24) is 24.7 Å². The van der Waals surface area contributed by atoms with Gasteiger partial charge in [0, 0.05) is 31.2 Å². The van der Waals surface area contributed by atoms with Crippen LogP contribution < -0.4 is 10.1 Å². The number of imidazole rings is 1. The van der Waals surface area contributed by atoms with Gasteiger partial charge in [0.2, 0.25) is 11.8 Å². The molecule has 4 amide bonds. The van der Waals surface area contributed by atoms with Gasteiger partial charge in [-0.1, -0.05) is 24.6 Å². The number of hydrogen-bond acceptors (Lipinski definition) is 12. The molecule has 3 fully saturated rings. The number of piperidine rings is 2. The Kier molecular flexibility index (Phi) is 16.3.